The minimum atomic E-state index is -0.654. The van der Waals surface area contributed by atoms with E-state index in [0.717, 1.165) is 22.6 Å². The number of hydrogen-bond donors (Lipinski definition) is 1. The standard InChI is InChI=1S/C21H26N2O3/c1-14(2)18-10-9-15(3)20(12-18)26-16(4)21(24)23-22-13-17-7-6-8-19(11-17)25-5/h6-14,16H,1-5H3,(H,23,24)/b22-13-/t16-/m1/s1. The molecule has 1 atom stereocenters. The van der Waals surface area contributed by atoms with Gasteiger partial charge in [-0.1, -0.05) is 38.1 Å². The van der Waals surface area contributed by atoms with Crippen LogP contribution in [0.5, 0.6) is 11.5 Å². The summed E-state index contributed by atoms with van der Waals surface area (Å²) in [5.41, 5.74) is 5.51. The predicted molar refractivity (Wildman–Crippen MR) is 104 cm³/mol. The Hall–Kier alpha value is -2.82. The fourth-order valence-electron chi connectivity index (χ4n) is 2.33. The van der Waals surface area contributed by atoms with Gasteiger partial charge in [0.15, 0.2) is 6.10 Å². The van der Waals surface area contributed by atoms with E-state index >= 15 is 0 Å². The molecule has 0 unspecified atom stereocenters. The Bertz CT molecular complexity index is 785. The van der Waals surface area contributed by atoms with Crippen molar-refractivity contribution < 1.29 is 14.3 Å². The minimum absolute atomic E-state index is 0.307. The van der Waals surface area contributed by atoms with Crippen molar-refractivity contribution >= 4 is 12.1 Å². The number of ether oxygens (including phenoxy) is 2. The van der Waals surface area contributed by atoms with E-state index in [-0.39, 0.29) is 5.91 Å². The van der Waals surface area contributed by atoms with Crippen molar-refractivity contribution in [1.29, 1.82) is 0 Å². The zero-order valence-corrected chi connectivity index (χ0v) is 15.9. The first-order valence-corrected chi connectivity index (χ1v) is 8.65. The number of nitrogens with zero attached hydrogens (tertiary/aromatic N) is 1. The van der Waals surface area contributed by atoms with E-state index in [0.29, 0.717) is 5.92 Å². The van der Waals surface area contributed by atoms with Gasteiger partial charge in [0, 0.05) is 0 Å². The SMILES string of the molecule is COc1cccc(/C=N\NC(=O)[C@@H](C)Oc2cc(C(C)C)ccc2C)c1. The number of nitrogens with one attached hydrogen (secondary N) is 1. The van der Waals surface area contributed by atoms with Crippen LogP contribution in [0.2, 0.25) is 0 Å². The van der Waals surface area contributed by atoms with Gasteiger partial charge < -0.3 is 9.47 Å². The van der Waals surface area contributed by atoms with Crippen molar-refractivity contribution in [3.63, 3.8) is 0 Å². The van der Waals surface area contributed by atoms with Crippen LogP contribution in [0.1, 0.15) is 43.4 Å². The summed E-state index contributed by atoms with van der Waals surface area (Å²) in [6.07, 6.45) is 0.913. The predicted octanol–water partition coefficient (Wildman–Crippen LogP) is 4.04. The Labute approximate surface area is 155 Å². The molecule has 1 N–H and O–H groups in total. The fraction of sp³-hybridized carbons (Fsp3) is 0.333. The van der Waals surface area contributed by atoms with Gasteiger partial charge in [-0.2, -0.15) is 5.10 Å². The highest BCUT2D eigenvalue weighted by Gasteiger charge is 2.15. The lowest BCUT2D eigenvalue weighted by atomic mass is 10.0. The molecule has 0 bridgehead atoms. The van der Waals surface area contributed by atoms with Gasteiger partial charge in [0.1, 0.15) is 11.5 Å². The summed E-state index contributed by atoms with van der Waals surface area (Å²) < 4.78 is 11.0. The molecule has 2 aromatic rings. The molecule has 5 nitrogen and oxygen atoms in total. The van der Waals surface area contributed by atoms with Gasteiger partial charge in [-0.25, -0.2) is 5.43 Å². The summed E-state index contributed by atoms with van der Waals surface area (Å²) in [7, 11) is 1.60. The number of amides is 1. The molecule has 0 aromatic heterocycles. The maximum absolute atomic E-state index is 12.2. The van der Waals surface area contributed by atoms with Crippen LogP contribution in [0.4, 0.5) is 0 Å². The lowest BCUT2D eigenvalue weighted by molar-refractivity contribution is -0.127. The van der Waals surface area contributed by atoms with Crippen molar-refractivity contribution in [2.24, 2.45) is 5.10 Å². The van der Waals surface area contributed by atoms with E-state index in [9.17, 15) is 4.79 Å². The molecule has 0 aliphatic heterocycles. The number of methoxy groups -OCH3 is 1. The van der Waals surface area contributed by atoms with Crippen LogP contribution < -0.4 is 14.9 Å². The summed E-state index contributed by atoms with van der Waals surface area (Å²) in [6.45, 7) is 7.92. The van der Waals surface area contributed by atoms with Crippen molar-refractivity contribution in [3.8, 4) is 11.5 Å². The average molecular weight is 354 g/mol. The van der Waals surface area contributed by atoms with Gasteiger partial charge in [0.25, 0.3) is 5.91 Å². The molecular formula is C21H26N2O3. The fourth-order valence-corrected chi connectivity index (χ4v) is 2.33. The maximum atomic E-state index is 12.2. The third kappa shape index (κ3) is 5.34. The Morgan fingerprint density at radius 1 is 1.15 bits per heavy atom. The van der Waals surface area contributed by atoms with Crippen LogP contribution in [0, 0.1) is 6.92 Å². The Balaban J connectivity index is 1.97. The van der Waals surface area contributed by atoms with E-state index in [2.05, 4.69) is 30.4 Å². The molecule has 2 rings (SSSR count). The van der Waals surface area contributed by atoms with Crippen LogP contribution in [0.3, 0.4) is 0 Å². The highest BCUT2D eigenvalue weighted by molar-refractivity contribution is 5.84. The zero-order valence-electron chi connectivity index (χ0n) is 15.9. The first kappa shape index (κ1) is 19.5. The Kier molecular flexibility index (Phi) is 6.78. The zero-order chi connectivity index (χ0) is 19.1. The summed E-state index contributed by atoms with van der Waals surface area (Å²) in [5, 5.41) is 3.99. The van der Waals surface area contributed by atoms with Crippen LogP contribution in [0.15, 0.2) is 47.6 Å². The molecule has 26 heavy (non-hydrogen) atoms. The number of carbonyl (C=O) groups excluding carboxylic acids is 1. The Morgan fingerprint density at radius 3 is 2.62 bits per heavy atom. The van der Waals surface area contributed by atoms with E-state index < -0.39 is 6.10 Å². The van der Waals surface area contributed by atoms with Crippen molar-refractivity contribution in [1.82, 2.24) is 5.43 Å². The summed E-state index contributed by atoms with van der Waals surface area (Å²) >= 11 is 0. The molecule has 0 saturated heterocycles. The number of benzene rings is 2. The smallest absolute Gasteiger partial charge is 0.280 e. The number of hydrogen-bond acceptors (Lipinski definition) is 4. The molecule has 0 spiro atoms. The van der Waals surface area contributed by atoms with Gasteiger partial charge in [-0.15, -0.1) is 0 Å². The second-order valence-corrected chi connectivity index (χ2v) is 6.45. The quantitative estimate of drug-likeness (QED) is 0.603. The molecule has 0 aliphatic carbocycles. The van der Waals surface area contributed by atoms with Gasteiger partial charge in [-0.3, -0.25) is 4.79 Å². The third-order valence-corrected chi connectivity index (χ3v) is 4.03. The normalized spacial score (nSPS) is 12.2. The highest BCUT2D eigenvalue weighted by Crippen LogP contribution is 2.25. The third-order valence-electron chi connectivity index (χ3n) is 4.03. The van der Waals surface area contributed by atoms with E-state index in [1.54, 1.807) is 20.2 Å². The summed E-state index contributed by atoms with van der Waals surface area (Å²) in [5.74, 6) is 1.54. The lowest BCUT2D eigenvalue weighted by Crippen LogP contribution is -2.33. The highest BCUT2D eigenvalue weighted by atomic mass is 16.5. The number of carbonyl (C=O) groups is 1. The maximum Gasteiger partial charge on any atom is 0.280 e. The first-order valence-electron chi connectivity index (χ1n) is 8.65. The molecule has 0 heterocycles. The van der Waals surface area contributed by atoms with Gasteiger partial charge >= 0.3 is 0 Å². The molecule has 1 amide bonds. The lowest BCUT2D eigenvalue weighted by Gasteiger charge is -2.16. The second-order valence-electron chi connectivity index (χ2n) is 6.45. The van der Waals surface area contributed by atoms with Gasteiger partial charge in [-0.05, 0) is 54.7 Å². The van der Waals surface area contributed by atoms with E-state index in [1.807, 2.05) is 43.3 Å². The topological polar surface area (TPSA) is 59.9 Å². The number of hydrazone groups is 1. The molecule has 0 fully saturated rings. The average Bonchev–Trinajstić information content (AvgIpc) is 2.63. The van der Waals surface area contributed by atoms with Crippen LogP contribution in [0.25, 0.3) is 0 Å². The molecule has 0 radical (unpaired) electrons. The minimum Gasteiger partial charge on any atom is -0.497 e. The Morgan fingerprint density at radius 2 is 1.92 bits per heavy atom. The van der Waals surface area contributed by atoms with Crippen LogP contribution in [-0.2, 0) is 4.79 Å². The number of rotatable bonds is 7. The van der Waals surface area contributed by atoms with E-state index in [1.165, 1.54) is 5.56 Å². The largest absolute Gasteiger partial charge is 0.497 e. The molecule has 0 saturated carbocycles. The summed E-state index contributed by atoms with van der Waals surface area (Å²) in [6, 6.07) is 13.5. The number of aryl methyl sites for hydroxylation is 1. The molecule has 0 aliphatic rings. The van der Waals surface area contributed by atoms with Crippen LogP contribution in [-0.4, -0.2) is 25.3 Å². The molecular weight excluding hydrogens is 328 g/mol. The van der Waals surface area contributed by atoms with E-state index in [4.69, 9.17) is 9.47 Å². The van der Waals surface area contributed by atoms with Crippen molar-refractivity contribution in [3.05, 3.63) is 59.2 Å². The summed E-state index contributed by atoms with van der Waals surface area (Å²) in [4.78, 5) is 12.2. The van der Waals surface area contributed by atoms with Crippen molar-refractivity contribution in [2.75, 3.05) is 7.11 Å². The first-order chi connectivity index (χ1) is 12.4. The second kappa shape index (κ2) is 9.04. The molecule has 2 aromatic carbocycles. The van der Waals surface area contributed by atoms with Crippen LogP contribution >= 0.6 is 0 Å². The van der Waals surface area contributed by atoms with Gasteiger partial charge in [0.2, 0.25) is 0 Å². The molecule has 5 heteroatoms. The van der Waals surface area contributed by atoms with Gasteiger partial charge in [0.05, 0.1) is 13.3 Å². The monoisotopic (exact) mass is 354 g/mol. The van der Waals surface area contributed by atoms with Crippen molar-refractivity contribution in [2.45, 2.75) is 39.7 Å². The molecule has 138 valence electrons.